The second-order valence-corrected chi connectivity index (χ2v) is 5.29. The molecule has 0 N–H and O–H groups in total. The van der Waals surface area contributed by atoms with Gasteiger partial charge in [-0.1, -0.05) is 13.0 Å². The molecule has 0 aliphatic heterocycles. The minimum absolute atomic E-state index is 0.384. The lowest BCUT2D eigenvalue weighted by Crippen LogP contribution is -2.25. The van der Waals surface area contributed by atoms with Gasteiger partial charge >= 0.3 is 0 Å². The van der Waals surface area contributed by atoms with Crippen molar-refractivity contribution in [2.24, 2.45) is 11.8 Å². The van der Waals surface area contributed by atoms with Crippen LogP contribution in [-0.2, 0) is 6.42 Å². The third-order valence-electron chi connectivity index (χ3n) is 3.50. The van der Waals surface area contributed by atoms with E-state index in [9.17, 15) is 0 Å². The molecular formula is C13H18ClN. The zero-order valence-electron chi connectivity index (χ0n) is 9.20. The first-order valence-corrected chi connectivity index (χ1v) is 6.23. The third kappa shape index (κ3) is 2.94. The van der Waals surface area contributed by atoms with Gasteiger partial charge in [-0.15, -0.1) is 11.6 Å². The molecule has 1 nitrogen and oxygen atoms in total. The first-order chi connectivity index (χ1) is 7.25. The van der Waals surface area contributed by atoms with Gasteiger partial charge in [-0.25, -0.2) is 0 Å². The van der Waals surface area contributed by atoms with Crippen LogP contribution in [0.4, 0.5) is 0 Å². The summed E-state index contributed by atoms with van der Waals surface area (Å²) in [5.74, 6) is 1.51. The van der Waals surface area contributed by atoms with Crippen molar-refractivity contribution in [1.29, 1.82) is 0 Å². The van der Waals surface area contributed by atoms with Crippen LogP contribution in [0, 0.1) is 11.8 Å². The van der Waals surface area contributed by atoms with Gasteiger partial charge in [-0.3, -0.25) is 4.98 Å². The first-order valence-electron chi connectivity index (χ1n) is 5.79. The lowest BCUT2D eigenvalue weighted by molar-refractivity contribution is 0.257. The fraction of sp³-hybridized carbons (Fsp3) is 0.615. The van der Waals surface area contributed by atoms with E-state index < -0.39 is 0 Å². The lowest BCUT2D eigenvalue weighted by Gasteiger charge is -2.31. The molecule has 1 fully saturated rings. The molecule has 3 atom stereocenters. The molecule has 3 unspecified atom stereocenters. The number of aromatic nitrogens is 1. The summed E-state index contributed by atoms with van der Waals surface area (Å²) in [6, 6.07) is 6.15. The van der Waals surface area contributed by atoms with E-state index in [1.807, 2.05) is 12.3 Å². The molecule has 0 saturated heterocycles. The number of nitrogens with zero attached hydrogens (tertiary/aromatic N) is 1. The summed E-state index contributed by atoms with van der Waals surface area (Å²) >= 11 is 6.22. The Bertz CT molecular complexity index is 299. The van der Waals surface area contributed by atoms with Crippen LogP contribution in [0.2, 0.25) is 0 Å². The van der Waals surface area contributed by atoms with Gasteiger partial charge in [0.05, 0.1) is 0 Å². The fourth-order valence-electron chi connectivity index (χ4n) is 2.43. The number of hydrogen-bond donors (Lipinski definition) is 0. The van der Waals surface area contributed by atoms with Crippen LogP contribution in [0.15, 0.2) is 24.4 Å². The molecule has 1 aromatic rings. The molecule has 1 saturated carbocycles. The van der Waals surface area contributed by atoms with Gasteiger partial charge in [0.15, 0.2) is 0 Å². The third-order valence-corrected chi connectivity index (χ3v) is 3.89. The van der Waals surface area contributed by atoms with Gasteiger partial charge < -0.3 is 0 Å². The standard InChI is InChI=1S/C13H18ClN/c1-10-5-6-12(14)8-11(10)9-13-4-2-3-7-15-13/h2-4,7,10-12H,5-6,8-9H2,1H3. The smallest absolute Gasteiger partial charge is 0.0406 e. The summed E-state index contributed by atoms with van der Waals surface area (Å²) in [5, 5.41) is 0.384. The maximum absolute atomic E-state index is 6.22. The van der Waals surface area contributed by atoms with Crippen molar-refractivity contribution in [3.63, 3.8) is 0 Å². The summed E-state index contributed by atoms with van der Waals surface area (Å²) in [7, 11) is 0. The largest absolute Gasteiger partial charge is 0.261 e. The van der Waals surface area contributed by atoms with Crippen molar-refractivity contribution in [1.82, 2.24) is 4.98 Å². The summed E-state index contributed by atoms with van der Waals surface area (Å²) in [4.78, 5) is 4.39. The Hall–Kier alpha value is -0.560. The van der Waals surface area contributed by atoms with Crippen molar-refractivity contribution in [3.05, 3.63) is 30.1 Å². The van der Waals surface area contributed by atoms with E-state index in [1.165, 1.54) is 18.5 Å². The summed E-state index contributed by atoms with van der Waals surface area (Å²) in [6.45, 7) is 2.34. The molecule has 1 heterocycles. The number of halogens is 1. The fourth-order valence-corrected chi connectivity index (χ4v) is 2.78. The van der Waals surface area contributed by atoms with Gasteiger partial charge in [0.1, 0.15) is 0 Å². The lowest BCUT2D eigenvalue weighted by atomic mass is 9.78. The molecule has 0 amide bonds. The molecule has 0 radical (unpaired) electrons. The van der Waals surface area contributed by atoms with Crippen molar-refractivity contribution >= 4 is 11.6 Å². The molecule has 1 aliphatic rings. The van der Waals surface area contributed by atoms with Crippen LogP contribution in [0.1, 0.15) is 31.9 Å². The van der Waals surface area contributed by atoms with E-state index in [0.717, 1.165) is 24.7 Å². The van der Waals surface area contributed by atoms with Gasteiger partial charge in [0.25, 0.3) is 0 Å². The number of rotatable bonds is 2. The molecule has 0 bridgehead atoms. The van der Waals surface area contributed by atoms with Gasteiger partial charge in [0.2, 0.25) is 0 Å². The van der Waals surface area contributed by atoms with Crippen molar-refractivity contribution in [2.75, 3.05) is 0 Å². The monoisotopic (exact) mass is 223 g/mol. The van der Waals surface area contributed by atoms with Crippen LogP contribution in [0.25, 0.3) is 0 Å². The van der Waals surface area contributed by atoms with E-state index in [1.54, 1.807) is 0 Å². The molecule has 1 aliphatic carbocycles. The molecule has 0 spiro atoms. The maximum Gasteiger partial charge on any atom is 0.0406 e. The molecular weight excluding hydrogens is 206 g/mol. The van der Waals surface area contributed by atoms with E-state index in [4.69, 9.17) is 11.6 Å². The highest BCUT2D eigenvalue weighted by Crippen LogP contribution is 2.34. The summed E-state index contributed by atoms with van der Waals surface area (Å²) in [6.07, 6.45) is 6.57. The SMILES string of the molecule is CC1CCC(Cl)CC1Cc1ccccn1. The van der Waals surface area contributed by atoms with Gasteiger partial charge in [-0.2, -0.15) is 0 Å². The average molecular weight is 224 g/mol. The normalized spacial score (nSPS) is 31.5. The van der Waals surface area contributed by atoms with E-state index in [0.29, 0.717) is 5.38 Å². The van der Waals surface area contributed by atoms with Crippen LogP contribution >= 0.6 is 11.6 Å². The number of alkyl halides is 1. The number of pyridine rings is 1. The Kier molecular flexibility index (Phi) is 3.63. The molecule has 82 valence electrons. The molecule has 15 heavy (non-hydrogen) atoms. The Labute approximate surface area is 96.9 Å². The minimum atomic E-state index is 0.384. The average Bonchev–Trinajstić information content (AvgIpc) is 2.25. The Morgan fingerprint density at radius 1 is 1.40 bits per heavy atom. The second kappa shape index (κ2) is 4.98. The van der Waals surface area contributed by atoms with Crippen molar-refractivity contribution in [2.45, 2.75) is 38.0 Å². The molecule has 1 aromatic heterocycles. The second-order valence-electron chi connectivity index (χ2n) is 4.67. The Morgan fingerprint density at radius 3 is 3.00 bits per heavy atom. The molecule has 2 rings (SSSR count). The van der Waals surface area contributed by atoms with E-state index in [2.05, 4.69) is 24.0 Å². The maximum atomic E-state index is 6.22. The van der Waals surface area contributed by atoms with Crippen LogP contribution in [0.5, 0.6) is 0 Å². The predicted octanol–water partition coefficient (Wildman–Crippen LogP) is 3.67. The highest BCUT2D eigenvalue weighted by Gasteiger charge is 2.26. The van der Waals surface area contributed by atoms with Crippen molar-refractivity contribution < 1.29 is 0 Å². The predicted molar refractivity (Wildman–Crippen MR) is 64.1 cm³/mol. The van der Waals surface area contributed by atoms with Gasteiger partial charge in [0, 0.05) is 17.3 Å². The van der Waals surface area contributed by atoms with Crippen LogP contribution in [-0.4, -0.2) is 10.4 Å². The summed E-state index contributed by atoms with van der Waals surface area (Å²) < 4.78 is 0. The quantitative estimate of drug-likeness (QED) is 0.698. The highest BCUT2D eigenvalue weighted by molar-refractivity contribution is 6.20. The van der Waals surface area contributed by atoms with Crippen LogP contribution < -0.4 is 0 Å². The first kappa shape index (κ1) is 10.9. The topological polar surface area (TPSA) is 12.9 Å². The van der Waals surface area contributed by atoms with E-state index in [-0.39, 0.29) is 0 Å². The highest BCUT2D eigenvalue weighted by atomic mass is 35.5. The van der Waals surface area contributed by atoms with Gasteiger partial charge in [-0.05, 0) is 49.7 Å². The summed E-state index contributed by atoms with van der Waals surface area (Å²) in [5.41, 5.74) is 1.21. The van der Waals surface area contributed by atoms with E-state index >= 15 is 0 Å². The zero-order valence-corrected chi connectivity index (χ0v) is 9.95. The van der Waals surface area contributed by atoms with Crippen molar-refractivity contribution in [3.8, 4) is 0 Å². The number of hydrogen-bond acceptors (Lipinski definition) is 1. The molecule has 0 aromatic carbocycles. The minimum Gasteiger partial charge on any atom is -0.261 e. The zero-order chi connectivity index (χ0) is 10.7. The van der Waals surface area contributed by atoms with Crippen LogP contribution in [0.3, 0.4) is 0 Å². The molecule has 2 heteroatoms. The Balaban J connectivity index is 1.98. The Morgan fingerprint density at radius 2 is 2.27 bits per heavy atom.